The fourth-order valence-electron chi connectivity index (χ4n) is 7.11. The van der Waals surface area contributed by atoms with Gasteiger partial charge in [-0.2, -0.15) is 0 Å². The zero-order chi connectivity index (χ0) is 22.9. The van der Waals surface area contributed by atoms with E-state index in [1.807, 2.05) is 23.6 Å². The number of nitrogens with zero attached hydrogens (tertiary/aromatic N) is 1. The molecule has 4 aliphatic rings. The van der Waals surface area contributed by atoms with Crippen molar-refractivity contribution in [2.45, 2.75) is 80.3 Å². The molecular formula is C28H38N2O3S. The largest absolute Gasteiger partial charge is 0.381 e. The van der Waals surface area contributed by atoms with Gasteiger partial charge in [0.1, 0.15) is 6.10 Å². The monoisotopic (exact) mass is 482 g/mol. The van der Waals surface area contributed by atoms with Crippen LogP contribution in [0.25, 0.3) is 0 Å². The average Bonchev–Trinajstić information content (AvgIpc) is 3.56. The standard InChI is InChI=1S/C28H38N2O3S/c1-4-13-30-24(5-1)26(12-17-33-28(20-26)7-2-3-8-28)9-14-29-19-23-25-22(6-18-34-25)27(21-32-23)10-15-31-16-11-27/h1,4-6,13,18,23,29H,2-3,7-12,14-17,19-21H2/t23?,26-/m1/s1. The highest BCUT2D eigenvalue weighted by Crippen LogP contribution is 2.50. The van der Waals surface area contributed by atoms with Crippen LogP contribution in [0.1, 0.15) is 80.0 Å². The van der Waals surface area contributed by atoms with Crippen molar-refractivity contribution in [1.82, 2.24) is 10.3 Å². The van der Waals surface area contributed by atoms with Gasteiger partial charge in [-0.1, -0.05) is 18.9 Å². The summed E-state index contributed by atoms with van der Waals surface area (Å²) in [6, 6.07) is 8.77. The predicted octanol–water partition coefficient (Wildman–Crippen LogP) is 5.30. The number of nitrogens with one attached hydrogen (secondary N) is 1. The van der Waals surface area contributed by atoms with Gasteiger partial charge in [-0.25, -0.2) is 0 Å². The summed E-state index contributed by atoms with van der Waals surface area (Å²) in [5, 5.41) is 6.04. The first kappa shape index (κ1) is 23.1. The minimum atomic E-state index is 0.0755. The molecule has 0 radical (unpaired) electrons. The Morgan fingerprint density at radius 2 is 1.91 bits per heavy atom. The second-order valence-electron chi connectivity index (χ2n) is 11.0. The first-order valence-electron chi connectivity index (χ1n) is 13.3. The molecule has 0 aromatic carbocycles. The van der Waals surface area contributed by atoms with E-state index in [1.54, 1.807) is 0 Å². The van der Waals surface area contributed by atoms with E-state index >= 15 is 0 Å². The first-order valence-corrected chi connectivity index (χ1v) is 14.1. The number of thiophene rings is 1. The van der Waals surface area contributed by atoms with Crippen molar-refractivity contribution >= 4 is 11.3 Å². The molecule has 0 amide bonds. The van der Waals surface area contributed by atoms with Gasteiger partial charge < -0.3 is 19.5 Å². The SMILES string of the molecule is c1ccc([C@]2(CCNCC3OCC4(CCOCC4)c4ccsc43)CCOC3(CCCC3)C2)nc1. The molecule has 1 unspecified atom stereocenters. The summed E-state index contributed by atoms with van der Waals surface area (Å²) in [7, 11) is 0. The lowest BCUT2D eigenvalue weighted by Crippen LogP contribution is -2.48. The van der Waals surface area contributed by atoms with Crippen LogP contribution in [0.2, 0.25) is 0 Å². The van der Waals surface area contributed by atoms with Gasteiger partial charge in [0.25, 0.3) is 0 Å². The zero-order valence-electron chi connectivity index (χ0n) is 20.2. The molecule has 34 heavy (non-hydrogen) atoms. The molecule has 2 atom stereocenters. The summed E-state index contributed by atoms with van der Waals surface area (Å²) < 4.78 is 18.6. The molecule has 2 saturated heterocycles. The van der Waals surface area contributed by atoms with Gasteiger partial charge in [-0.15, -0.1) is 11.3 Å². The van der Waals surface area contributed by atoms with E-state index in [1.165, 1.54) is 41.8 Å². The molecule has 3 fully saturated rings. The Kier molecular flexibility index (Phi) is 6.54. The number of pyridine rings is 1. The van der Waals surface area contributed by atoms with E-state index in [0.717, 1.165) is 71.6 Å². The van der Waals surface area contributed by atoms with E-state index in [9.17, 15) is 0 Å². The maximum absolute atomic E-state index is 6.49. The number of ether oxygens (including phenoxy) is 3. The fourth-order valence-corrected chi connectivity index (χ4v) is 8.17. The smallest absolute Gasteiger partial charge is 0.104 e. The van der Waals surface area contributed by atoms with Crippen LogP contribution in [0.5, 0.6) is 0 Å². The number of aromatic nitrogens is 1. The van der Waals surface area contributed by atoms with Crippen molar-refractivity contribution in [2.75, 3.05) is 39.5 Å². The molecule has 1 N–H and O–H groups in total. The van der Waals surface area contributed by atoms with Crippen LogP contribution in [0.3, 0.4) is 0 Å². The average molecular weight is 483 g/mol. The Morgan fingerprint density at radius 3 is 2.74 bits per heavy atom. The van der Waals surface area contributed by atoms with Gasteiger partial charge in [-0.05, 0) is 80.6 Å². The quantitative estimate of drug-likeness (QED) is 0.566. The Balaban J connectivity index is 1.12. The molecule has 0 bridgehead atoms. The van der Waals surface area contributed by atoms with Crippen molar-refractivity contribution in [1.29, 1.82) is 0 Å². The van der Waals surface area contributed by atoms with Crippen LogP contribution in [0.15, 0.2) is 35.8 Å². The third kappa shape index (κ3) is 4.26. The van der Waals surface area contributed by atoms with Crippen molar-refractivity contribution in [3.8, 4) is 0 Å². The molecule has 6 heteroatoms. The van der Waals surface area contributed by atoms with Crippen LogP contribution in [-0.2, 0) is 25.0 Å². The van der Waals surface area contributed by atoms with E-state index in [0.29, 0.717) is 0 Å². The van der Waals surface area contributed by atoms with Crippen molar-refractivity contribution in [3.63, 3.8) is 0 Å². The van der Waals surface area contributed by atoms with Crippen LogP contribution < -0.4 is 5.32 Å². The molecule has 6 rings (SSSR count). The summed E-state index contributed by atoms with van der Waals surface area (Å²) in [6.45, 7) is 5.23. The summed E-state index contributed by atoms with van der Waals surface area (Å²) in [5.74, 6) is 0. The molecule has 2 spiro atoms. The van der Waals surface area contributed by atoms with Crippen molar-refractivity contribution in [2.24, 2.45) is 0 Å². The van der Waals surface area contributed by atoms with E-state index in [2.05, 4.69) is 28.9 Å². The normalized spacial score (nSPS) is 29.9. The Bertz CT molecular complexity index is 952. The van der Waals surface area contributed by atoms with Crippen LogP contribution >= 0.6 is 11.3 Å². The lowest BCUT2D eigenvalue weighted by Gasteiger charge is -2.46. The summed E-state index contributed by atoms with van der Waals surface area (Å²) in [4.78, 5) is 6.28. The second kappa shape index (κ2) is 9.62. The van der Waals surface area contributed by atoms with Crippen LogP contribution in [0.4, 0.5) is 0 Å². The lowest BCUT2D eigenvalue weighted by molar-refractivity contribution is -0.104. The van der Waals surface area contributed by atoms with E-state index < -0.39 is 0 Å². The Labute approximate surface area is 207 Å². The molecule has 1 saturated carbocycles. The van der Waals surface area contributed by atoms with Crippen LogP contribution in [-0.4, -0.2) is 50.1 Å². The molecule has 1 aliphatic carbocycles. The zero-order valence-corrected chi connectivity index (χ0v) is 21.0. The van der Waals surface area contributed by atoms with Crippen molar-refractivity contribution in [3.05, 3.63) is 52.0 Å². The molecule has 5 heterocycles. The topological polar surface area (TPSA) is 52.6 Å². The Hall–Kier alpha value is -1.31. The summed E-state index contributed by atoms with van der Waals surface area (Å²) >= 11 is 1.86. The number of fused-ring (bicyclic) bond motifs is 2. The van der Waals surface area contributed by atoms with Gasteiger partial charge >= 0.3 is 0 Å². The van der Waals surface area contributed by atoms with Gasteiger partial charge in [-0.3, -0.25) is 4.98 Å². The van der Waals surface area contributed by atoms with E-state index in [4.69, 9.17) is 19.2 Å². The minimum absolute atomic E-state index is 0.0755. The van der Waals surface area contributed by atoms with Gasteiger partial charge in [0.15, 0.2) is 0 Å². The highest BCUT2D eigenvalue weighted by Gasteiger charge is 2.48. The molecule has 2 aromatic rings. The van der Waals surface area contributed by atoms with E-state index in [-0.39, 0.29) is 22.5 Å². The third-order valence-corrected chi connectivity index (χ3v) is 10.1. The van der Waals surface area contributed by atoms with Gasteiger partial charge in [0.05, 0.1) is 12.2 Å². The number of hydrogen-bond acceptors (Lipinski definition) is 6. The van der Waals surface area contributed by atoms with Crippen molar-refractivity contribution < 1.29 is 14.2 Å². The molecule has 3 aliphatic heterocycles. The van der Waals surface area contributed by atoms with Gasteiger partial charge in [0.2, 0.25) is 0 Å². The summed E-state index contributed by atoms with van der Waals surface area (Å²) in [6.07, 6.45) is 12.6. The molecule has 2 aromatic heterocycles. The Morgan fingerprint density at radius 1 is 1.03 bits per heavy atom. The summed E-state index contributed by atoms with van der Waals surface area (Å²) in [5.41, 5.74) is 3.13. The molecule has 5 nitrogen and oxygen atoms in total. The maximum atomic E-state index is 6.49. The first-order chi connectivity index (χ1) is 16.7. The minimum Gasteiger partial charge on any atom is -0.381 e. The highest BCUT2D eigenvalue weighted by molar-refractivity contribution is 7.10. The fraction of sp³-hybridized carbons (Fsp3) is 0.679. The number of hydrogen-bond donors (Lipinski definition) is 1. The van der Waals surface area contributed by atoms with Crippen LogP contribution in [0, 0.1) is 0 Å². The predicted molar refractivity (Wildman–Crippen MR) is 135 cm³/mol. The molecular weight excluding hydrogens is 444 g/mol. The highest BCUT2D eigenvalue weighted by atomic mass is 32.1. The maximum Gasteiger partial charge on any atom is 0.104 e. The molecule has 184 valence electrons. The number of rotatable bonds is 6. The third-order valence-electron chi connectivity index (χ3n) is 9.05. The second-order valence-corrected chi connectivity index (χ2v) is 12.0. The van der Waals surface area contributed by atoms with Gasteiger partial charge in [0, 0.05) is 54.0 Å². The lowest BCUT2D eigenvalue weighted by atomic mass is 9.68.